The fraction of sp³-hybridized carbons (Fsp3) is 0.571. The van der Waals surface area contributed by atoms with Gasteiger partial charge < -0.3 is 15.5 Å². The molecule has 0 aromatic carbocycles. The van der Waals surface area contributed by atoms with E-state index in [1.54, 1.807) is 0 Å². The minimum atomic E-state index is -0.123. The molecule has 0 bridgehead atoms. The first-order valence-electron chi connectivity index (χ1n) is 6.72. The maximum atomic E-state index is 6.06. The topological polar surface area (TPSA) is 57.8 Å². The standard InChI is InChI=1S/C14H23N5/c1-14(2,3)17-13(15)19-10-8-18(9-11-19)12-6-4-5-7-16-12/h4-7H,8-11H2,1-3H3,(H2,15,17). The number of guanidine groups is 1. The molecule has 0 atom stereocenters. The van der Waals surface area contributed by atoms with E-state index in [4.69, 9.17) is 5.73 Å². The second-order valence-corrected chi connectivity index (χ2v) is 5.80. The van der Waals surface area contributed by atoms with Crippen molar-refractivity contribution in [2.75, 3.05) is 31.1 Å². The minimum Gasteiger partial charge on any atom is -0.370 e. The molecule has 0 radical (unpaired) electrons. The van der Waals surface area contributed by atoms with E-state index in [0.717, 1.165) is 32.0 Å². The van der Waals surface area contributed by atoms with Crippen LogP contribution in [0.3, 0.4) is 0 Å². The number of piperazine rings is 1. The average molecular weight is 261 g/mol. The SMILES string of the molecule is CC(C)(C)N=C(N)N1CCN(c2ccccn2)CC1. The number of aromatic nitrogens is 1. The highest BCUT2D eigenvalue weighted by Crippen LogP contribution is 2.13. The number of pyridine rings is 1. The van der Waals surface area contributed by atoms with Crippen molar-refractivity contribution in [1.29, 1.82) is 0 Å². The lowest BCUT2D eigenvalue weighted by atomic mass is 10.1. The molecular weight excluding hydrogens is 238 g/mol. The summed E-state index contributed by atoms with van der Waals surface area (Å²) in [7, 11) is 0. The van der Waals surface area contributed by atoms with Crippen LogP contribution in [0.25, 0.3) is 0 Å². The summed E-state index contributed by atoms with van der Waals surface area (Å²) in [5, 5.41) is 0. The van der Waals surface area contributed by atoms with E-state index in [1.807, 2.05) is 24.4 Å². The molecule has 1 aliphatic heterocycles. The number of rotatable bonds is 1. The predicted octanol–water partition coefficient (Wildman–Crippen LogP) is 1.32. The average Bonchev–Trinajstić information content (AvgIpc) is 2.38. The van der Waals surface area contributed by atoms with Gasteiger partial charge in [-0.1, -0.05) is 6.07 Å². The first kappa shape index (κ1) is 13.6. The van der Waals surface area contributed by atoms with E-state index in [-0.39, 0.29) is 5.54 Å². The van der Waals surface area contributed by atoms with E-state index in [0.29, 0.717) is 5.96 Å². The normalized spacial score (nSPS) is 17.7. The maximum absolute atomic E-state index is 6.06. The van der Waals surface area contributed by atoms with Crippen molar-refractivity contribution >= 4 is 11.8 Å². The lowest BCUT2D eigenvalue weighted by molar-refractivity contribution is 0.374. The van der Waals surface area contributed by atoms with Gasteiger partial charge in [-0.15, -0.1) is 0 Å². The summed E-state index contributed by atoms with van der Waals surface area (Å²) in [5.74, 6) is 1.68. The molecule has 0 saturated carbocycles. The van der Waals surface area contributed by atoms with Gasteiger partial charge in [-0.3, -0.25) is 0 Å². The number of aliphatic imine (C=N–C) groups is 1. The van der Waals surface area contributed by atoms with Crippen LogP contribution < -0.4 is 10.6 Å². The van der Waals surface area contributed by atoms with Gasteiger partial charge in [0.25, 0.3) is 0 Å². The zero-order valence-electron chi connectivity index (χ0n) is 12.0. The van der Waals surface area contributed by atoms with Crippen molar-refractivity contribution in [1.82, 2.24) is 9.88 Å². The molecule has 0 amide bonds. The summed E-state index contributed by atoms with van der Waals surface area (Å²) >= 11 is 0. The Bertz CT molecular complexity index is 427. The first-order chi connectivity index (χ1) is 8.96. The van der Waals surface area contributed by atoms with Crippen molar-refractivity contribution in [3.63, 3.8) is 0 Å². The van der Waals surface area contributed by atoms with Gasteiger partial charge in [0.2, 0.25) is 0 Å². The number of nitrogens with two attached hydrogens (primary N) is 1. The Morgan fingerprint density at radius 3 is 2.42 bits per heavy atom. The molecule has 2 rings (SSSR count). The highest BCUT2D eigenvalue weighted by molar-refractivity contribution is 5.78. The van der Waals surface area contributed by atoms with E-state index in [9.17, 15) is 0 Å². The highest BCUT2D eigenvalue weighted by Gasteiger charge is 2.20. The number of hydrogen-bond donors (Lipinski definition) is 1. The molecule has 1 fully saturated rings. The van der Waals surface area contributed by atoms with Crippen LogP contribution >= 0.6 is 0 Å². The number of hydrogen-bond acceptors (Lipinski definition) is 3. The van der Waals surface area contributed by atoms with Crippen LogP contribution in [0, 0.1) is 0 Å². The highest BCUT2D eigenvalue weighted by atomic mass is 15.3. The van der Waals surface area contributed by atoms with Crippen molar-refractivity contribution in [3.05, 3.63) is 24.4 Å². The Hall–Kier alpha value is -1.78. The van der Waals surface area contributed by atoms with E-state index in [1.165, 1.54) is 0 Å². The second kappa shape index (κ2) is 5.47. The van der Waals surface area contributed by atoms with Crippen LogP contribution in [-0.2, 0) is 0 Å². The van der Waals surface area contributed by atoms with Gasteiger partial charge in [0.15, 0.2) is 5.96 Å². The Kier molecular flexibility index (Phi) is 3.93. The lowest BCUT2D eigenvalue weighted by Crippen LogP contribution is -2.51. The van der Waals surface area contributed by atoms with Crippen molar-refractivity contribution in [2.45, 2.75) is 26.3 Å². The summed E-state index contributed by atoms with van der Waals surface area (Å²) in [4.78, 5) is 13.3. The molecule has 0 aliphatic carbocycles. The third-order valence-corrected chi connectivity index (χ3v) is 3.03. The van der Waals surface area contributed by atoms with Crippen molar-refractivity contribution in [3.8, 4) is 0 Å². The van der Waals surface area contributed by atoms with Crippen LogP contribution in [0.1, 0.15) is 20.8 Å². The summed E-state index contributed by atoms with van der Waals surface area (Å²) in [6, 6.07) is 6.00. The Balaban J connectivity index is 1.95. The minimum absolute atomic E-state index is 0.123. The molecule has 2 heterocycles. The summed E-state index contributed by atoms with van der Waals surface area (Å²) in [6.07, 6.45) is 1.83. The summed E-state index contributed by atoms with van der Waals surface area (Å²) < 4.78 is 0. The molecule has 1 saturated heterocycles. The zero-order chi connectivity index (χ0) is 13.9. The van der Waals surface area contributed by atoms with E-state index < -0.39 is 0 Å². The molecule has 104 valence electrons. The Labute approximate surface area is 115 Å². The Morgan fingerprint density at radius 1 is 1.21 bits per heavy atom. The fourth-order valence-electron chi connectivity index (χ4n) is 2.12. The molecule has 0 unspecified atom stereocenters. The molecule has 5 heteroatoms. The third-order valence-electron chi connectivity index (χ3n) is 3.03. The molecule has 2 N–H and O–H groups in total. The monoisotopic (exact) mass is 261 g/mol. The van der Waals surface area contributed by atoms with Crippen molar-refractivity contribution < 1.29 is 0 Å². The molecule has 0 spiro atoms. The third kappa shape index (κ3) is 3.84. The van der Waals surface area contributed by atoms with Crippen LogP contribution in [0.15, 0.2) is 29.4 Å². The number of anilines is 1. The predicted molar refractivity (Wildman–Crippen MR) is 79.4 cm³/mol. The fourth-order valence-corrected chi connectivity index (χ4v) is 2.12. The lowest BCUT2D eigenvalue weighted by Gasteiger charge is -2.36. The summed E-state index contributed by atoms with van der Waals surface area (Å²) in [6.45, 7) is 9.82. The van der Waals surface area contributed by atoms with Gasteiger partial charge in [0.05, 0.1) is 5.54 Å². The second-order valence-electron chi connectivity index (χ2n) is 5.80. The van der Waals surface area contributed by atoms with Gasteiger partial charge in [-0.05, 0) is 32.9 Å². The maximum Gasteiger partial charge on any atom is 0.191 e. The quantitative estimate of drug-likeness (QED) is 0.612. The van der Waals surface area contributed by atoms with Crippen LogP contribution in [0.4, 0.5) is 5.82 Å². The molecule has 19 heavy (non-hydrogen) atoms. The van der Waals surface area contributed by atoms with Crippen LogP contribution in [-0.4, -0.2) is 47.6 Å². The molecule has 1 aromatic heterocycles. The van der Waals surface area contributed by atoms with Crippen LogP contribution in [0.2, 0.25) is 0 Å². The van der Waals surface area contributed by atoms with Gasteiger partial charge in [-0.2, -0.15) is 0 Å². The van der Waals surface area contributed by atoms with Gasteiger partial charge >= 0.3 is 0 Å². The zero-order valence-corrected chi connectivity index (χ0v) is 12.0. The van der Waals surface area contributed by atoms with Gasteiger partial charge in [0.1, 0.15) is 5.82 Å². The molecular formula is C14H23N5. The summed E-state index contributed by atoms with van der Waals surface area (Å²) in [5.41, 5.74) is 5.94. The van der Waals surface area contributed by atoms with E-state index in [2.05, 4.69) is 40.5 Å². The van der Waals surface area contributed by atoms with E-state index >= 15 is 0 Å². The largest absolute Gasteiger partial charge is 0.370 e. The smallest absolute Gasteiger partial charge is 0.191 e. The number of nitrogens with zero attached hydrogens (tertiary/aromatic N) is 4. The Morgan fingerprint density at radius 2 is 1.89 bits per heavy atom. The van der Waals surface area contributed by atoms with Gasteiger partial charge in [-0.25, -0.2) is 9.98 Å². The van der Waals surface area contributed by atoms with Gasteiger partial charge in [0, 0.05) is 32.4 Å². The molecule has 1 aromatic rings. The molecule has 1 aliphatic rings. The van der Waals surface area contributed by atoms with Crippen LogP contribution in [0.5, 0.6) is 0 Å². The van der Waals surface area contributed by atoms with Crippen molar-refractivity contribution in [2.24, 2.45) is 10.7 Å². The first-order valence-corrected chi connectivity index (χ1v) is 6.72. The molecule has 5 nitrogen and oxygen atoms in total.